The zero-order chi connectivity index (χ0) is 19.1. The summed E-state index contributed by atoms with van der Waals surface area (Å²) in [6, 6.07) is 9.08. The molecule has 2 saturated heterocycles. The van der Waals surface area contributed by atoms with Crippen molar-refractivity contribution >= 4 is 11.8 Å². The van der Waals surface area contributed by atoms with Crippen LogP contribution in [0, 0.1) is 5.92 Å². The maximum atomic E-state index is 12.7. The normalized spacial score (nSPS) is 24.4. The van der Waals surface area contributed by atoms with E-state index in [1.165, 1.54) is 38.9 Å². The second kappa shape index (κ2) is 9.85. The van der Waals surface area contributed by atoms with Gasteiger partial charge in [-0.2, -0.15) is 0 Å². The lowest BCUT2D eigenvalue weighted by molar-refractivity contribution is -0.148. The van der Waals surface area contributed by atoms with Crippen LogP contribution in [0.3, 0.4) is 0 Å². The maximum absolute atomic E-state index is 12.7. The van der Waals surface area contributed by atoms with E-state index in [0.717, 1.165) is 12.0 Å². The standard InChI is InChI=1S/C21H31N3O3/c1-2-12-24-13-9-16(10-14-24)8-11-22-21(26)20-19(23-18(25)15-27-20)17-6-4-3-5-7-17/h3-7,16,19-20H,2,8-15H2,1H3,(H,22,26)(H,23,25)/t19-,20+/m1/s1. The number of nitrogens with one attached hydrogen (secondary N) is 2. The Morgan fingerprint density at radius 3 is 2.70 bits per heavy atom. The molecule has 0 saturated carbocycles. The van der Waals surface area contributed by atoms with E-state index in [2.05, 4.69) is 22.5 Å². The first-order chi connectivity index (χ1) is 13.2. The third kappa shape index (κ3) is 5.53. The van der Waals surface area contributed by atoms with E-state index < -0.39 is 12.1 Å². The number of morpholine rings is 1. The van der Waals surface area contributed by atoms with E-state index in [1.807, 2.05) is 30.3 Å². The van der Waals surface area contributed by atoms with Crippen LogP contribution in [0.25, 0.3) is 0 Å². The van der Waals surface area contributed by atoms with E-state index in [-0.39, 0.29) is 18.4 Å². The van der Waals surface area contributed by atoms with Crippen LogP contribution in [0.5, 0.6) is 0 Å². The fourth-order valence-corrected chi connectivity index (χ4v) is 4.01. The van der Waals surface area contributed by atoms with Crippen molar-refractivity contribution in [1.82, 2.24) is 15.5 Å². The molecule has 6 heteroatoms. The van der Waals surface area contributed by atoms with Crippen LogP contribution in [0.15, 0.2) is 30.3 Å². The van der Waals surface area contributed by atoms with Crippen LogP contribution in [-0.2, 0) is 14.3 Å². The number of hydrogen-bond acceptors (Lipinski definition) is 4. The second-order valence-corrected chi connectivity index (χ2v) is 7.55. The molecule has 2 amide bonds. The number of piperidine rings is 1. The van der Waals surface area contributed by atoms with Gasteiger partial charge in [0.05, 0.1) is 6.04 Å². The van der Waals surface area contributed by atoms with Crippen molar-refractivity contribution in [2.75, 3.05) is 32.8 Å². The second-order valence-electron chi connectivity index (χ2n) is 7.55. The van der Waals surface area contributed by atoms with Crippen LogP contribution >= 0.6 is 0 Å². The Hall–Kier alpha value is -1.92. The zero-order valence-electron chi connectivity index (χ0n) is 16.2. The van der Waals surface area contributed by atoms with Gasteiger partial charge in [-0.3, -0.25) is 9.59 Å². The summed E-state index contributed by atoms with van der Waals surface area (Å²) in [4.78, 5) is 26.9. The van der Waals surface area contributed by atoms with Crippen molar-refractivity contribution < 1.29 is 14.3 Å². The SMILES string of the molecule is CCCN1CCC(CCNC(=O)[C@H]2OCC(=O)N[C@@H]2c2ccccc2)CC1. The minimum absolute atomic E-state index is 0.0721. The van der Waals surface area contributed by atoms with Crippen LogP contribution in [0.2, 0.25) is 0 Å². The predicted octanol–water partition coefficient (Wildman–Crippen LogP) is 1.87. The third-order valence-corrected chi connectivity index (χ3v) is 5.53. The van der Waals surface area contributed by atoms with Crippen LogP contribution in [0.4, 0.5) is 0 Å². The molecule has 2 fully saturated rings. The summed E-state index contributed by atoms with van der Waals surface area (Å²) >= 11 is 0. The molecular formula is C21H31N3O3. The molecule has 0 radical (unpaired) electrons. The average Bonchev–Trinajstić information content (AvgIpc) is 2.70. The Morgan fingerprint density at radius 1 is 1.26 bits per heavy atom. The Bertz CT molecular complexity index is 614. The summed E-state index contributed by atoms with van der Waals surface area (Å²) in [6.07, 6.45) is 3.94. The smallest absolute Gasteiger partial charge is 0.251 e. The van der Waals surface area contributed by atoms with Gasteiger partial charge in [-0.25, -0.2) is 0 Å². The van der Waals surface area contributed by atoms with Crippen LogP contribution in [-0.4, -0.2) is 55.6 Å². The molecule has 6 nitrogen and oxygen atoms in total. The van der Waals surface area contributed by atoms with Crippen molar-refractivity contribution in [2.24, 2.45) is 5.92 Å². The number of nitrogens with zero attached hydrogens (tertiary/aromatic N) is 1. The molecule has 0 aromatic heterocycles. The molecule has 1 aromatic rings. The number of benzene rings is 1. The highest BCUT2D eigenvalue weighted by molar-refractivity contribution is 5.86. The number of carbonyl (C=O) groups is 2. The molecule has 2 aliphatic rings. The molecule has 0 bridgehead atoms. The quantitative estimate of drug-likeness (QED) is 0.766. The average molecular weight is 373 g/mol. The van der Waals surface area contributed by atoms with Gasteiger partial charge >= 0.3 is 0 Å². The summed E-state index contributed by atoms with van der Waals surface area (Å²) in [5.41, 5.74) is 0.883. The van der Waals surface area contributed by atoms with Crippen molar-refractivity contribution in [3.8, 4) is 0 Å². The van der Waals surface area contributed by atoms with Gasteiger partial charge in [0.1, 0.15) is 6.61 Å². The molecule has 2 aliphatic heterocycles. The van der Waals surface area contributed by atoms with E-state index in [9.17, 15) is 9.59 Å². The van der Waals surface area contributed by atoms with Crippen molar-refractivity contribution in [1.29, 1.82) is 0 Å². The van der Waals surface area contributed by atoms with Crippen molar-refractivity contribution in [2.45, 2.75) is 44.8 Å². The molecule has 2 atom stereocenters. The lowest BCUT2D eigenvalue weighted by Gasteiger charge is -2.33. The van der Waals surface area contributed by atoms with Crippen LogP contribution < -0.4 is 10.6 Å². The van der Waals surface area contributed by atoms with Gasteiger partial charge in [0.15, 0.2) is 6.10 Å². The summed E-state index contributed by atoms with van der Waals surface area (Å²) in [6.45, 7) is 6.33. The van der Waals surface area contributed by atoms with E-state index >= 15 is 0 Å². The topological polar surface area (TPSA) is 70.7 Å². The third-order valence-electron chi connectivity index (χ3n) is 5.53. The van der Waals surface area contributed by atoms with Gasteiger partial charge in [0, 0.05) is 6.54 Å². The fourth-order valence-electron chi connectivity index (χ4n) is 4.01. The molecule has 1 aromatic carbocycles. The van der Waals surface area contributed by atoms with Crippen LogP contribution in [0.1, 0.15) is 44.2 Å². The van der Waals surface area contributed by atoms with Gasteiger partial charge in [-0.05, 0) is 56.8 Å². The van der Waals surface area contributed by atoms with Gasteiger partial charge in [-0.15, -0.1) is 0 Å². The lowest BCUT2D eigenvalue weighted by Crippen LogP contribution is -2.52. The Kier molecular flexibility index (Phi) is 7.24. The molecule has 3 rings (SSSR count). The predicted molar refractivity (Wildman–Crippen MR) is 104 cm³/mol. The number of amides is 2. The van der Waals surface area contributed by atoms with Crippen molar-refractivity contribution in [3.63, 3.8) is 0 Å². The molecule has 0 aliphatic carbocycles. The van der Waals surface area contributed by atoms with E-state index in [1.54, 1.807) is 0 Å². The summed E-state index contributed by atoms with van der Waals surface area (Å²) < 4.78 is 5.57. The highest BCUT2D eigenvalue weighted by Crippen LogP contribution is 2.23. The molecule has 0 spiro atoms. The largest absolute Gasteiger partial charge is 0.356 e. The van der Waals surface area contributed by atoms with Gasteiger partial charge in [-0.1, -0.05) is 37.3 Å². The molecule has 0 unspecified atom stereocenters. The number of likely N-dealkylation sites (tertiary alicyclic amines) is 1. The minimum Gasteiger partial charge on any atom is -0.356 e. The summed E-state index contributed by atoms with van der Waals surface area (Å²) in [5, 5.41) is 5.91. The number of carbonyl (C=O) groups excluding carboxylic acids is 2. The van der Waals surface area contributed by atoms with Gasteiger partial charge in [0.2, 0.25) is 5.91 Å². The fraction of sp³-hybridized carbons (Fsp3) is 0.619. The molecule has 2 N–H and O–H groups in total. The highest BCUT2D eigenvalue weighted by atomic mass is 16.5. The van der Waals surface area contributed by atoms with Crippen molar-refractivity contribution in [3.05, 3.63) is 35.9 Å². The number of rotatable bonds is 7. The first-order valence-corrected chi connectivity index (χ1v) is 10.1. The van der Waals surface area contributed by atoms with Gasteiger partial charge in [0.25, 0.3) is 5.91 Å². The highest BCUT2D eigenvalue weighted by Gasteiger charge is 2.35. The summed E-state index contributed by atoms with van der Waals surface area (Å²) in [7, 11) is 0. The molecule has 148 valence electrons. The molecule has 27 heavy (non-hydrogen) atoms. The molecule has 2 heterocycles. The summed E-state index contributed by atoms with van der Waals surface area (Å²) in [5.74, 6) is 0.342. The Labute approximate surface area is 161 Å². The van der Waals surface area contributed by atoms with Gasteiger partial charge < -0.3 is 20.3 Å². The zero-order valence-corrected chi connectivity index (χ0v) is 16.2. The Balaban J connectivity index is 1.47. The maximum Gasteiger partial charge on any atom is 0.251 e. The Morgan fingerprint density at radius 2 is 2.00 bits per heavy atom. The first-order valence-electron chi connectivity index (χ1n) is 10.1. The minimum atomic E-state index is -0.684. The number of ether oxygens (including phenoxy) is 1. The monoisotopic (exact) mass is 373 g/mol. The van der Waals surface area contributed by atoms with E-state index in [4.69, 9.17) is 4.74 Å². The van der Waals surface area contributed by atoms with E-state index in [0.29, 0.717) is 12.5 Å². The first kappa shape index (κ1) is 19.8. The molecular weight excluding hydrogens is 342 g/mol. The number of hydrogen-bond donors (Lipinski definition) is 2. The lowest BCUT2D eigenvalue weighted by atomic mass is 9.93.